The molecule has 0 heterocycles. The maximum atomic E-state index is 11.8. The van der Waals surface area contributed by atoms with Crippen molar-refractivity contribution in [1.29, 1.82) is 0 Å². The quantitative estimate of drug-likeness (QED) is 0.371. The van der Waals surface area contributed by atoms with Gasteiger partial charge in [-0.15, -0.1) is 0 Å². The number of aromatic hydroxyl groups is 2. The molecule has 10 heteroatoms. The Bertz CT molecular complexity index is 1010. The van der Waals surface area contributed by atoms with Crippen molar-refractivity contribution >= 4 is 23.9 Å². The lowest BCUT2D eigenvalue weighted by Crippen LogP contribution is -2.06. The van der Waals surface area contributed by atoms with Crippen LogP contribution in [0.2, 0.25) is 0 Å². The van der Waals surface area contributed by atoms with Gasteiger partial charge >= 0.3 is 23.9 Å². The Balaban J connectivity index is 2.25. The molecule has 0 aliphatic heterocycles. The molecule has 0 bridgehead atoms. The number of rotatable bonds is 7. The van der Waals surface area contributed by atoms with Gasteiger partial charge in [0.25, 0.3) is 0 Å². The van der Waals surface area contributed by atoms with Crippen molar-refractivity contribution in [3.8, 4) is 34.1 Å². The highest BCUT2D eigenvalue weighted by Crippen LogP contribution is 2.36. The van der Waals surface area contributed by atoms with Crippen LogP contribution in [0.4, 0.5) is 0 Å². The van der Waals surface area contributed by atoms with Crippen molar-refractivity contribution < 1.29 is 48.3 Å². The van der Waals surface area contributed by atoms with Crippen LogP contribution in [-0.4, -0.2) is 48.3 Å². The van der Waals surface area contributed by atoms with Gasteiger partial charge < -0.3 is 29.2 Å². The van der Waals surface area contributed by atoms with Crippen LogP contribution in [-0.2, 0) is 28.7 Å². The van der Waals surface area contributed by atoms with Crippen LogP contribution in [0, 0.1) is 0 Å². The maximum absolute atomic E-state index is 11.8. The minimum absolute atomic E-state index is 0.199. The van der Waals surface area contributed by atoms with Gasteiger partial charge in [-0.05, 0) is 35.4 Å². The van der Waals surface area contributed by atoms with E-state index in [1.807, 2.05) is 0 Å². The largest absolute Gasteiger partial charge is 0.504 e. The zero-order valence-electron chi connectivity index (χ0n) is 16.9. The molecule has 2 N–H and O–H groups in total. The topological polar surface area (TPSA) is 146 Å². The molecule has 0 spiro atoms. The van der Waals surface area contributed by atoms with Gasteiger partial charge in [-0.1, -0.05) is 12.1 Å². The van der Waals surface area contributed by atoms with E-state index in [1.165, 1.54) is 36.4 Å². The third-order valence-corrected chi connectivity index (χ3v) is 3.79. The molecule has 32 heavy (non-hydrogen) atoms. The number of hydrogen-bond acceptors (Lipinski definition) is 10. The van der Waals surface area contributed by atoms with E-state index < -0.39 is 23.9 Å². The van der Waals surface area contributed by atoms with Gasteiger partial charge in [-0.3, -0.25) is 0 Å². The molecule has 0 saturated carbocycles. The van der Waals surface area contributed by atoms with Gasteiger partial charge in [0.1, 0.15) is 0 Å². The summed E-state index contributed by atoms with van der Waals surface area (Å²) >= 11 is 0. The first-order valence-electron chi connectivity index (χ1n) is 8.85. The SMILES string of the molecule is COC(=O)/C=C/C(=O)Oc1cc(-c2ccc(O)c(OC(=O)/C=C/C(=O)OC)c2)ccc1O. The standard InChI is InChI=1S/C22H18O10/c1-29-19(25)7-9-21(27)31-17-11-13(3-5-15(17)23)14-4-6-16(24)18(12-14)32-22(28)10-8-20(26)30-2/h3-12,23-24H,1-2H3/b9-7+,10-8+. The Morgan fingerprint density at radius 2 is 0.969 bits per heavy atom. The van der Waals surface area contributed by atoms with Crippen LogP contribution >= 0.6 is 0 Å². The summed E-state index contributed by atoms with van der Waals surface area (Å²) in [6, 6.07) is 8.17. The van der Waals surface area contributed by atoms with E-state index in [0.29, 0.717) is 11.1 Å². The van der Waals surface area contributed by atoms with Crippen molar-refractivity contribution in [3.63, 3.8) is 0 Å². The molecule has 2 aromatic rings. The lowest BCUT2D eigenvalue weighted by atomic mass is 10.0. The van der Waals surface area contributed by atoms with Crippen molar-refractivity contribution in [2.24, 2.45) is 0 Å². The summed E-state index contributed by atoms with van der Waals surface area (Å²) in [6.45, 7) is 0. The first kappa shape index (κ1) is 23.7. The Hall–Kier alpha value is -4.60. The van der Waals surface area contributed by atoms with E-state index in [0.717, 1.165) is 38.5 Å². The number of carbonyl (C=O) groups is 4. The number of esters is 4. The number of phenolic OH excluding ortho intramolecular Hbond substituents is 2. The highest BCUT2D eigenvalue weighted by Gasteiger charge is 2.13. The van der Waals surface area contributed by atoms with Gasteiger partial charge in [0.05, 0.1) is 14.2 Å². The van der Waals surface area contributed by atoms with Gasteiger partial charge in [0.2, 0.25) is 0 Å². The number of hydrogen-bond donors (Lipinski definition) is 2. The summed E-state index contributed by atoms with van der Waals surface area (Å²) in [5.74, 6) is -4.45. The Kier molecular flexibility index (Phi) is 8.12. The predicted molar refractivity (Wildman–Crippen MR) is 109 cm³/mol. The summed E-state index contributed by atoms with van der Waals surface area (Å²) < 4.78 is 18.8. The van der Waals surface area contributed by atoms with Crippen LogP contribution in [0.3, 0.4) is 0 Å². The first-order chi connectivity index (χ1) is 15.2. The summed E-state index contributed by atoms with van der Waals surface area (Å²) in [4.78, 5) is 45.8. The van der Waals surface area contributed by atoms with E-state index in [-0.39, 0.29) is 23.0 Å². The van der Waals surface area contributed by atoms with Crippen LogP contribution in [0.5, 0.6) is 23.0 Å². The molecule has 0 amide bonds. The zero-order valence-corrected chi connectivity index (χ0v) is 16.9. The molecular formula is C22H18O10. The fourth-order valence-corrected chi connectivity index (χ4v) is 2.24. The van der Waals surface area contributed by atoms with E-state index in [4.69, 9.17) is 9.47 Å². The minimum Gasteiger partial charge on any atom is -0.504 e. The molecule has 0 aromatic heterocycles. The molecule has 2 aromatic carbocycles. The first-order valence-corrected chi connectivity index (χ1v) is 8.85. The normalized spacial score (nSPS) is 10.7. The number of phenols is 2. The van der Waals surface area contributed by atoms with Crippen LogP contribution in [0.25, 0.3) is 11.1 Å². The van der Waals surface area contributed by atoms with Crippen LogP contribution in [0.1, 0.15) is 0 Å². The van der Waals surface area contributed by atoms with Crippen molar-refractivity contribution in [1.82, 2.24) is 0 Å². The zero-order chi connectivity index (χ0) is 23.7. The minimum atomic E-state index is -0.930. The molecule has 0 fully saturated rings. The second-order valence-electron chi connectivity index (χ2n) is 5.92. The average molecular weight is 442 g/mol. The molecular weight excluding hydrogens is 424 g/mol. The molecule has 0 saturated heterocycles. The van der Waals surface area contributed by atoms with E-state index in [9.17, 15) is 29.4 Å². The lowest BCUT2D eigenvalue weighted by molar-refractivity contribution is -0.136. The molecule has 166 valence electrons. The third-order valence-electron chi connectivity index (χ3n) is 3.79. The summed E-state index contributed by atoms with van der Waals surface area (Å²) in [6.07, 6.45) is 3.38. The second kappa shape index (κ2) is 11.0. The second-order valence-corrected chi connectivity index (χ2v) is 5.92. The van der Waals surface area contributed by atoms with Crippen molar-refractivity contribution in [2.75, 3.05) is 14.2 Å². The predicted octanol–water partition coefficient (Wildman–Crippen LogP) is 2.03. The number of ether oxygens (including phenoxy) is 4. The Morgan fingerprint density at radius 3 is 1.31 bits per heavy atom. The highest BCUT2D eigenvalue weighted by molar-refractivity contribution is 5.93. The number of carbonyl (C=O) groups excluding carboxylic acids is 4. The molecule has 0 atom stereocenters. The van der Waals surface area contributed by atoms with Crippen LogP contribution < -0.4 is 9.47 Å². The van der Waals surface area contributed by atoms with Crippen LogP contribution in [0.15, 0.2) is 60.7 Å². The average Bonchev–Trinajstić information content (AvgIpc) is 2.78. The molecule has 0 aliphatic carbocycles. The Morgan fingerprint density at radius 1 is 0.625 bits per heavy atom. The van der Waals surface area contributed by atoms with Crippen molar-refractivity contribution in [2.45, 2.75) is 0 Å². The molecule has 0 radical (unpaired) electrons. The third kappa shape index (κ3) is 6.73. The smallest absolute Gasteiger partial charge is 0.336 e. The number of methoxy groups -OCH3 is 2. The number of benzene rings is 2. The molecule has 2 rings (SSSR count). The van der Waals surface area contributed by atoms with E-state index in [2.05, 4.69) is 9.47 Å². The molecule has 0 aliphatic rings. The van der Waals surface area contributed by atoms with E-state index >= 15 is 0 Å². The van der Waals surface area contributed by atoms with Gasteiger partial charge in [-0.2, -0.15) is 0 Å². The van der Waals surface area contributed by atoms with E-state index in [1.54, 1.807) is 0 Å². The summed E-state index contributed by atoms with van der Waals surface area (Å²) in [5, 5.41) is 19.9. The lowest BCUT2D eigenvalue weighted by Gasteiger charge is -2.10. The fraction of sp³-hybridized carbons (Fsp3) is 0.0909. The van der Waals surface area contributed by atoms with Gasteiger partial charge in [0, 0.05) is 24.3 Å². The maximum Gasteiger partial charge on any atom is 0.336 e. The van der Waals surface area contributed by atoms with Gasteiger partial charge in [0.15, 0.2) is 23.0 Å². The van der Waals surface area contributed by atoms with Crippen molar-refractivity contribution in [3.05, 3.63) is 60.7 Å². The molecule has 0 unspecified atom stereocenters. The Labute approximate surface area is 181 Å². The highest BCUT2D eigenvalue weighted by atomic mass is 16.5. The fourth-order valence-electron chi connectivity index (χ4n) is 2.24. The van der Waals surface area contributed by atoms with Gasteiger partial charge in [-0.25, -0.2) is 19.2 Å². The molecule has 10 nitrogen and oxygen atoms in total. The monoisotopic (exact) mass is 442 g/mol. The summed E-state index contributed by atoms with van der Waals surface area (Å²) in [5.41, 5.74) is 0.870. The summed E-state index contributed by atoms with van der Waals surface area (Å²) in [7, 11) is 2.29.